The summed E-state index contributed by atoms with van der Waals surface area (Å²) in [6.07, 6.45) is 2.83. The molecule has 2 aromatic rings. The second-order valence-corrected chi connectivity index (χ2v) is 2.72. The van der Waals surface area contributed by atoms with Crippen LogP contribution in [0.2, 0.25) is 0 Å². The first-order valence-electron chi connectivity index (χ1n) is 3.85. The number of hydrogen-bond donors (Lipinski definition) is 1. The average Bonchev–Trinajstić information content (AvgIpc) is 2.52. The highest BCUT2D eigenvalue weighted by Crippen LogP contribution is 2.28. The van der Waals surface area contributed by atoms with Gasteiger partial charge in [-0.3, -0.25) is 0 Å². The minimum absolute atomic E-state index is 0.296. The Morgan fingerprint density at radius 2 is 1.85 bits per heavy atom. The van der Waals surface area contributed by atoms with Gasteiger partial charge in [0.2, 0.25) is 0 Å². The maximum absolute atomic E-state index is 13.2. The van der Waals surface area contributed by atoms with Crippen molar-refractivity contribution in [1.29, 1.82) is 0 Å². The van der Waals surface area contributed by atoms with Crippen LogP contribution in [0.4, 0.5) is 10.1 Å². The fourth-order valence-electron chi connectivity index (χ4n) is 1.21. The molecule has 0 amide bonds. The third-order valence-corrected chi connectivity index (χ3v) is 1.86. The molecule has 0 aliphatic carbocycles. The zero-order chi connectivity index (χ0) is 9.26. The fraction of sp³-hybridized carbons (Fsp3) is 0. The van der Waals surface area contributed by atoms with Gasteiger partial charge in [0.1, 0.15) is 18.3 Å². The van der Waals surface area contributed by atoms with Crippen molar-refractivity contribution in [2.45, 2.75) is 0 Å². The molecule has 13 heavy (non-hydrogen) atoms. The molecule has 0 bridgehead atoms. The third-order valence-electron chi connectivity index (χ3n) is 1.86. The van der Waals surface area contributed by atoms with Crippen molar-refractivity contribution in [2.24, 2.45) is 0 Å². The minimum Gasteiger partial charge on any atom is -0.470 e. The molecule has 2 rings (SSSR count). The molecule has 0 aliphatic heterocycles. The van der Waals surface area contributed by atoms with E-state index in [0.29, 0.717) is 16.8 Å². The van der Waals surface area contributed by atoms with E-state index >= 15 is 0 Å². The molecular weight excluding hydrogens is 169 g/mol. The van der Waals surface area contributed by atoms with E-state index in [-0.39, 0.29) is 5.82 Å². The Morgan fingerprint density at radius 1 is 1.08 bits per heavy atom. The highest BCUT2D eigenvalue weighted by atomic mass is 19.1. The van der Waals surface area contributed by atoms with Gasteiger partial charge in [-0.2, -0.15) is 0 Å². The summed E-state index contributed by atoms with van der Waals surface area (Å²) in [5.74, 6) is -0.296. The van der Waals surface area contributed by atoms with Crippen LogP contribution in [0.15, 0.2) is 41.2 Å². The molecule has 0 saturated heterocycles. The van der Waals surface area contributed by atoms with Crippen molar-refractivity contribution in [3.63, 3.8) is 0 Å². The van der Waals surface area contributed by atoms with Gasteiger partial charge in [-0.25, -0.2) is 4.39 Å². The molecule has 0 unspecified atom stereocenters. The highest BCUT2D eigenvalue weighted by Gasteiger charge is 2.08. The molecule has 0 aliphatic rings. The van der Waals surface area contributed by atoms with Crippen LogP contribution in [0.25, 0.3) is 11.1 Å². The van der Waals surface area contributed by atoms with Gasteiger partial charge in [-0.1, -0.05) is 18.2 Å². The zero-order valence-electron chi connectivity index (χ0n) is 6.83. The van der Waals surface area contributed by atoms with Crippen molar-refractivity contribution in [1.82, 2.24) is 0 Å². The monoisotopic (exact) mass is 177 g/mol. The lowest BCUT2D eigenvalue weighted by Gasteiger charge is -1.99. The Kier molecular flexibility index (Phi) is 1.77. The number of rotatable bonds is 1. The zero-order valence-corrected chi connectivity index (χ0v) is 6.83. The van der Waals surface area contributed by atoms with Crippen LogP contribution < -0.4 is 5.73 Å². The number of benzene rings is 1. The van der Waals surface area contributed by atoms with E-state index in [4.69, 9.17) is 10.2 Å². The normalized spacial score (nSPS) is 10.2. The largest absolute Gasteiger partial charge is 0.470 e. The standard InChI is InChI=1S/C10H8FNO/c11-9-4-2-1-3-7(9)8-5-13-6-10(8)12/h1-6H,12H2. The predicted octanol–water partition coefficient (Wildman–Crippen LogP) is 2.67. The quantitative estimate of drug-likeness (QED) is 0.727. The summed E-state index contributed by atoms with van der Waals surface area (Å²) in [5, 5.41) is 0. The van der Waals surface area contributed by atoms with Gasteiger partial charge in [0, 0.05) is 11.1 Å². The van der Waals surface area contributed by atoms with Gasteiger partial charge in [-0.15, -0.1) is 0 Å². The van der Waals surface area contributed by atoms with Gasteiger partial charge < -0.3 is 10.2 Å². The van der Waals surface area contributed by atoms with E-state index < -0.39 is 0 Å². The molecule has 0 spiro atoms. The van der Waals surface area contributed by atoms with Crippen molar-refractivity contribution in [3.05, 3.63) is 42.6 Å². The summed E-state index contributed by atoms with van der Waals surface area (Å²) in [7, 11) is 0. The number of hydrogen-bond acceptors (Lipinski definition) is 2. The molecular formula is C10H8FNO. The number of nitrogens with two attached hydrogens (primary N) is 1. The molecule has 1 aromatic heterocycles. The maximum Gasteiger partial charge on any atom is 0.131 e. The van der Waals surface area contributed by atoms with Gasteiger partial charge in [0.15, 0.2) is 0 Å². The SMILES string of the molecule is Nc1cocc1-c1ccccc1F. The van der Waals surface area contributed by atoms with E-state index in [2.05, 4.69) is 0 Å². The Balaban J connectivity index is 2.59. The molecule has 66 valence electrons. The Hall–Kier alpha value is -1.77. The summed E-state index contributed by atoms with van der Waals surface area (Å²) >= 11 is 0. The number of nitrogen functional groups attached to an aromatic ring is 1. The van der Waals surface area contributed by atoms with Crippen LogP contribution in [0.3, 0.4) is 0 Å². The number of anilines is 1. The molecule has 0 radical (unpaired) electrons. The molecule has 1 heterocycles. The lowest BCUT2D eigenvalue weighted by atomic mass is 10.1. The van der Waals surface area contributed by atoms with Crippen molar-refractivity contribution in [2.75, 3.05) is 5.73 Å². The van der Waals surface area contributed by atoms with E-state index in [1.807, 2.05) is 0 Å². The van der Waals surface area contributed by atoms with Crippen LogP contribution in [0.5, 0.6) is 0 Å². The number of halogens is 1. The second kappa shape index (κ2) is 2.94. The van der Waals surface area contributed by atoms with Gasteiger partial charge in [0.05, 0.1) is 5.69 Å². The molecule has 1 aromatic carbocycles. The predicted molar refractivity (Wildman–Crippen MR) is 48.5 cm³/mol. The highest BCUT2D eigenvalue weighted by molar-refractivity contribution is 5.75. The van der Waals surface area contributed by atoms with Crippen molar-refractivity contribution in [3.8, 4) is 11.1 Å². The van der Waals surface area contributed by atoms with E-state index in [1.54, 1.807) is 18.2 Å². The first kappa shape index (κ1) is 7.86. The van der Waals surface area contributed by atoms with Gasteiger partial charge in [-0.05, 0) is 6.07 Å². The van der Waals surface area contributed by atoms with Crippen LogP contribution in [0, 0.1) is 5.82 Å². The smallest absolute Gasteiger partial charge is 0.131 e. The molecule has 3 heteroatoms. The van der Waals surface area contributed by atoms with Crippen LogP contribution in [0.1, 0.15) is 0 Å². The van der Waals surface area contributed by atoms with Crippen molar-refractivity contribution >= 4 is 5.69 Å². The summed E-state index contributed by atoms with van der Waals surface area (Å²) in [4.78, 5) is 0. The van der Waals surface area contributed by atoms with Crippen LogP contribution in [-0.4, -0.2) is 0 Å². The molecule has 2 nitrogen and oxygen atoms in total. The molecule has 0 saturated carbocycles. The van der Waals surface area contributed by atoms with Gasteiger partial charge in [0.25, 0.3) is 0 Å². The van der Waals surface area contributed by atoms with Crippen LogP contribution >= 0.6 is 0 Å². The fourth-order valence-corrected chi connectivity index (χ4v) is 1.21. The summed E-state index contributed by atoms with van der Waals surface area (Å²) in [5.41, 5.74) is 7.09. The molecule has 0 fully saturated rings. The van der Waals surface area contributed by atoms with Crippen molar-refractivity contribution < 1.29 is 8.81 Å². The van der Waals surface area contributed by atoms with Gasteiger partial charge >= 0.3 is 0 Å². The number of furan rings is 1. The minimum atomic E-state index is -0.296. The van der Waals surface area contributed by atoms with E-state index in [1.165, 1.54) is 18.6 Å². The molecule has 0 atom stereocenters. The topological polar surface area (TPSA) is 39.2 Å². The lowest BCUT2D eigenvalue weighted by Crippen LogP contribution is -1.87. The average molecular weight is 177 g/mol. The van der Waals surface area contributed by atoms with Crippen LogP contribution in [-0.2, 0) is 0 Å². The first-order chi connectivity index (χ1) is 6.29. The first-order valence-corrected chi connectivity index (χ1v) is 3.85. The van der Waals surface area contributed by atoms with E-state index in [0.717, 1.165) is 0 Å². The Labute approximate surface area is 74.8 Å². The van der Waals surface area contributed by atoms with E-state index in [9.17, 15) is 4.39 Å². The lowest BCUT2D eigenvalue weighted by molar-refractivity contribution is 0.568. The second-order valence-electron chi connectivity index (χ2n) is 2.72. The summed E-state index contributed by atoms with van der Waals surface area (Å²) in [6, 6.07) is 6.44. The third kappa shape index (κ3) is 1.28. The molecule has 2 N–H and O–H groups in total. The Morgan fingerprint density at radius 3 is 2.46 bits per heavy atom. The Bertz CT molecular complexity index is 422. The summed E-state index contributed by atoms with van der Waals surface area (Å²) < 4.78 is 18.1. The summed E-state index contributed by atoms with van der Waals surface area (Å²) in [6.45, 7) is 0. The maximum atomic E-state index is 13.2.